The van der Waals surface area contributed by atoms with Gasteiger partial charge in [0.15, 0.2) is 0 Å². The lowest BCUT2D eigenvalue weighted by atomic mass is 10.2. The molecule has 15 heavy (non-hydrogen) atoms. The van der Waals surface area contributed by atoms with Crippen LogP contribution in [0.3, 0.4) is 0 Å². The number of carbonyl (C=O) groups is 2. The fourth-order valence-corrected chi connectivity index (χ4v) is 0.697. The zero-order valence-corrected chi connectivity index (χ0v) is 9.33. The molecular formula is C9H17NO5. The van der Waals surface area contributed by atoms with Gasteiger partial charge in [-0.2, -0.15) is 0 Å². The molecule has 0 aliphatic rings. The molecule has 0 aromatic carbocycles. The molecule has 0 rings (SSSR count). The second kappa shape index (κ2) is 4.59. The summed E-state index contributed by atoms with van der Waals surface area (Å²) in [5.41, 5.74) is -2.76. The summed E-state index contributed by atoms with van der Waals surface area (Å²) in [6, 6.07) is 0. The number of carboxylic acid groups (broad SMARTS) is 1. The molecule has 0 amide bonds. The Balaban J connectivity index is 4.07. The van der Waals surface area contributed by atoms with E-state index in [0.717, 1.165) is 6.92 Å². The molecule has 0 bridgehead atoms. The highest BCUT2D eigenvalue weighted by atomic mass is 16.6. The highest BCUT2D eigenvalue weighted by molar-refractivity contribution is 5.78. The summed E-state index contributed by atoms with van der Waals surface area (Å²) in [4.78, 5) is 21.6. The fraction of sp³-hybridized carbons (Fsp3) is 0.778. The number of hydrogen-bond acceptors (Lipinski definition) is 5. The Morgan fingerprint density at radius 3 is 2.07 bits per heavy atom. The molecular weight excluding hydrogens is 202 g/mol. The standard InChI is InChI=1S/C9H17NO5/c1-8(2,3)15-6(11)5-10-9(4,14)7(12)13/h10,14H,5H2,1-4H3,(H,12,13). The van der Waals surface area contributed by atoms with Gasteiger partial charge in [0, 0.05) is 0 Å². The molecule has 6 nitrogen and oxygen atoms in total. The smallest absolute Gasteiger partial charge is 0.350 e. The van der Waals surface area contributed by atoms with E-state index in [9.17, 15) is 14.7 Å². The predicted molar refractivity (Wildman–Crippen MR) is 52.1 cm³/mol. The molecule has 88 valence electrons. The van der Waals surface area contributed by atoms with E-state index in [1.54, 1.807) is 20.8 Å². The maximum absolute atomic E-state index is 11.1. The molecule has 0 saturated heterocycles. The first-order valence-electron chi connectivity index (χ1n) is 4.47. The van der Waals surface area contributed by atoms with Crippen molar-refractivity contribution < 1.29 is 24.5 Å². The van der Waals surface area contributed by atoms with Crippen LogP contribution in [0.2, 0.25) is 0 Å². The number of ether oxygens (including phenoxy) is 1. The summed E-state index contributed by atoms with van der Waals surface area (Å²) in [5.74, 6) is -2.07. The van der Waals surface area contributed by atoms with E-state index in [2.05, 4.69) is 5.32 Å². The van der Waals surface area contributed by atoms with E-state index < -0.39 is 23.3 Å². The number of carboxylic acids is 1. The van der Waals surface area contributed by atoms with Crippen molar-refractivity contribution >= 4 is 11.9 Å². The van der Waals surface area contributed by atoms with Crippen LogP contribution in [-0.4, -0.2) is 40.0 Å². The van der Waals surface area contributed by atoms with Crippen molar-refractivity contribution in [2.45, 2.75) is 39.0 Å². The number of carbonyl (C=O) groups excluding carboxylic acids is 1. The first-order valence-corrected chi connectivity index (χ1v) is 4.47. The molecule has 0 aliphatic heterocycles. The molecule has 0 fully saturated rings. The second-order valence-corrected chi connectivity index (χ2v) is 4.32. The van der Waals surface area contributed by atoms with Crippen molar-refractivity contribution in [3.63, 3.8) is 0 Å². The van der Waals surface area contributed by atoms with Gasteiger partial charge in [-0.25, -0.2) is 4.79 Å². The average Bonchev–Trinajstić information content (AvgIpc) is 1.97. The second-order valence-electron chi connectivity index (χ2n) is 4.32. The number of esters is 1. The van der Waals surface area contributed by atoms with Crippen LogP contribution in [-0.2, 0) is 14.3 Å². The molecule has 0 spiro atoms. The lowest BCUT2D eigenvalue weighted by Crippen LogP contribution is -2.51. The molecule has 6 heteroatoms. The highest BCUT2D eigenvalue weighted by Crippen LogP contribution is 2.06. The SMILES string of the molecule is CC(C)(C)OC(=O)CNC(C)(O)C(=O)O. The Morgan fingerprint density at radius 2 is 1.73 bits per heavy atom. The quantitative estimate of drug-likeness (QED) is 0.444. The molecule has 1 atom stereocenters. The van der Waals surface area contributed by atoms with E-state index in [1.165, 1.54) is 0 Å². The van der Waals surface area contributed by atoms with Gasteiger partial charge in [0.1, 0.15) is 5.60 Å². The number of nitrogens with one attached hydrogen (secondary N) is 1. The first kappa shape index (κ1) is 13.9. The van der Waals surface area contributed by atoms with Crippen LogP contribution >= 0.6 is 0 Å². The summed E-state index contributed by atoms with van der Waals surface area (Å²) in [6.45, 7) is 5.76. The van der Waals surface area contributed by atoms with E-state index in [-0.39, 0.29) is 6.54 Å². The summed E-state index contributed by atoms with van der Waals surface area (Å²) >= 11 is 0. The van der Waals surface area contributed by atoms with E-state index >= 15 is 0 Å². The molecule has 0 aliphatic carbocycles. The van der Waals surface area contributed by atoms with Crippen molar-refractivity contribution in [1.82, 2.24) is 5.32 Å². The van der Waals surface area contributed by atoms with Gasteiger partial charge in [0.25, 0.3) is 0 Å². The Bertz CT molecular complexity index is 254. The monoisotopic (exact) mass is 219 g/mol. The maximum atomic E-state index is 11.1. The van der Waals surface area contributed by atoms with E-state index in [4.69, 9.17) is 9.84 Å². The van der Waals surface area contributed by atoms with Gasteiger partial charge in [0.2, 0.25) is 5.72 Å². The molecule has 0 aromatic heterocycles. The Hall–Kier alpha value is -1.14. The van der Waals surface area contributed by atoms with Crippen LogP contribution in [0.25, 0.3) is 0 Å². The van der Waals surface area contributed by atoms with Crippen LogP contribution in [0.1, 0.15) is 27.7 Å². The fourth-order valence-electron chi connectivity index (χ4n) is 0.697. The Morgan fingerprint density at radius 1 is 1.27 bits per heavy atom. The van der Waals surface area contributed by atoms with Crippen LogP contribution < -0.4 is 5.32 Å². The van der Waals surface area contributed by atoms with E-state index in [0.29, 0.717) is 0 Å². The summed E-state index contributed by atoms with van der Waals surface area (Å²) in [7, 11) is 0. The molecule has 3 N–H and O–H groups in total. The summed E-state index contributed by atoms with van der Waals surface area (Å²) < 4.78 is 4.91. The predicted octanol–water partition coefficient (Wildman–Crippen LogP) is -0.289. The molecule has 0 radical (unpaired) electrons. The Kier molecular flexibility index (Phi) is 4.24. The minimum Gasteiger partial charge on any atom is -0.478 e. The minimum absolute atomic E-state index is 0.365. The van der Waals surface area contributed by atoms with Crippen LogP contribution in [0.5, 0.6) is 0 Å². The van der Waals surface area contributed by atoms with Crippen molar-refractivity contribution in [3.05, 3.63) is 0 Å². The minimum atomic E-state index is -2.13. The average molecular weight is 219 g/mol. The lowest BCUT2D eigenvalue weighted by molar-refractivity contribution is -0.163. The van der Waals surface area contributed by atoms with Crippen molar-refractivity contribution in [2.75, 3.05) is 6.54 Å². The van der Waals surface area contributed by atoms with Gasteiger partial charge in [-0.15, -0.1) is 0 Å². The molecule has 1 unspecified atom stereocenters. The van der Waals surface area contributed by atoms with Crippen LogP contribution in [0.4, 0.5) is 0 Å². The van der Waals surface area contributed by atoms with Gasteiger partial charge >= 0.3 is 11.9 Å². The number of aliphatic hydroxyl groups is 1. The normalized spacial score (nSPS) is 15.5. The number of aliphatic carboxylic acids is 1. The van der Waals surface area contributed by atoms with Gasteiger partial charge in [-0.1, -0.05) is 0 Å². The molecule has 0 saturated carbocycles. The number of rotatable bonds is 4. The third kappa shape index (κ3) is 6.03. The Labute approximate surface area is 88.2 Å². The van der Waals surface area contributed by atoms with Crippen molar-refractivity contribution in [1.29, 1.82) is 0 Å². The van der Waals surface area contributed by atoms with Gasteiger partial charge in [0.05, 0.1) is 6.54 Å². The largest absolute Gasteiger partial charge is 0.478 e. The topological polar surface area (TPSA) is 95.9 Å². The van der Waals surface area contributed by atoms with Gasteiger partial charge in [-0.3, -0.25) is 10.1 Å². The molecule has 0 heterocycles. The lowest BCUT2D eigenvalue weighted by Gasteiger charge is -2.22. The first-order chi connectivity index (χ1) is 6.54. The third-order valence-corrected chi connectivity index (χ3v) is 1.41. The number of hydrogen-bond donors (Lipinski definition) is 3. The zero-order valence-electron chi connectivity index (χ0n) is 9.33. The summed E-state index contributed by atoms with van der Waals surface area (Å²) in [6.07, 6.45) is 0. The van der Waals surface area contributed by atoms with E-state index in [1.807, 2.05) is 0 Å². The summed E-state index contributed by atoms with van der Waals surface area (Å²) in [5, 5.41) is 19.9. The van der Waals surface area contributed by atoms with Crippen LogP contribution in [0.15, 0.2) is 0 Å². The van der Waals surface area contributed by atoms with Crippen LogP contribution in [0, 0.1) is 0 Å². The van der Waals surface area contributed by atoms with Crippen molar-refractivity contribution in [3.8, 4) is 0 Å². The van der Waals surface area contributed by atoms with Gasteiger partial charge < -0.3 is 14.9 Å². The third-order valence-electron chi connectivity index (χ3n) is 1.41. The van der Waals surface area contributed by atoms with Crippen molar-refractivity contribution in [2.24, 2.45) is 0 Å². The zero-order chi connectivity index (χ0) is 12.3. The highest BCUT2D eigenvalue weighted by Gasteiger charge is 2.30. The maximum Gasteiger partial charge on any atom is 0.350 e. The molecule has 0 aromatic rings. The van der Waals surface area contributed by atoms with Gasteiger partial charge in [-0.05, 0) is 27.7 Å².